The molecule has 1 amide bonds. The number of rotatable bonds is 10. The van der Waals surface area contributed by atoms with Crippen LogP contribution in [0.3, 0.4) is 0 Å². The van der Waals surface area contributed by atoms with Gasteiger partial charge in [-0.1, -0.05) is 25.1 Å². The van der Waals surface area contributed by atoms with E-state index < -0.39 is 0 Å². The number of aromatic nitrogens is 3. The van der Waals surface area contributed by atoms with E-state index in [1.165, 1.54) is 0 Å². The molecular weight excluding hydrogens is 504 g/mol. The number of carbonyl (C=O) groups excluding carboxylic acids is 1. The minimum absolute atomic E-state index is 0.105. The van der Waals surface area contributed by atoms with Gasteiger partial charge >= 0.3 is 0 Å². The molecule has 0 saturated heterocycles. The summed E-state index contributed by atoms with van der Waals surface area (Å²) in [4.78, 5) is 24.8. The van der Waals surface area contributed by atoms with Crippen LogP contribution in [-0.4, -0.2) is 59.7 Å². The fraction of sp³-hybridized carbons (Fsp3) is 0.323. The number of amides is 1. The number of hydrogen-bond acceptors (Lipinski definition) is 7. The lowest BCUT2D eigenvalue weighted by atomic mass is 10.0. The number of benzene rings is 2. The Bertz CT molecular complexity index is 1530. The van der Waals surface area contributed by atoms with E-state index in [0.717, 1.165) is 71.1 Å². The molecule has 9 heteroatoms. The molecule has 5 rings (SSSR count). The summed E-state index contributed by atoms with van der Waals surface area (Å²) in [6.45, 7) is 5.52. The number of aryl methyl sites for hydroxylation is 3. The van der Waals surface area contributed by atoms with Crippen LogP contribution in [0.25, 0.3) is 5.82 Å². The van der Waals surface area contributed by atoms with Crippen LogP contribution in [0.1, 0.15) is 39.7 Å². The highest BCUT2D eigenvalue weighted by Gasteiger charge is 2.24. The summed E-state index contributed by atoms with van der Waals surface area (Å²) in [5, 5.41) is 6.45. The lowest BCUT2D eigenvalue weighted by Crippen LogP contribution is -2.20. The second kappa shape index (κ2) is 11.8. The second-order valence-corrected chi connectivity index (χ2v) is 10.1. The predicted octanol–water partition coefficient (Wildman–Crippen LogP) is 5.18. The van der Waals surface area contributed by atoms with Crippen molar-refractivity contribution in [3.63, 3.8) is 0 Å². The van der Waals surface area contributed by atoms with Crippen molar-refractivity contribution in [1.29, 1.82) is 0 Å². The van der Waals surface area contributed by atoms with E-state index in [2.05, 4.69) is 33.5 Å². The largest absolute Gasteiger partial charge is 0.494 e. The maximum Gasteiger partial charge on any atom is 0.257 e. The third-order valence-corrected chi connectivity index (χ3v) is 7.14. The lowest BCUT2D eigenvalue weighted by molar-refractivity contribution is 0.102. The summed E-state index contributed by atoms with van der Waals surface area (Å²) in [6, 6.07) is 13.6. The molecule has 9 nitrogen and oxygen atoms in total. The Balaban J connectivity index is 1.37. The SMILES string of the molecule is CCc1cccc(C)c1NC(=O)c1ccn2c1CCc1cnc(Nc3ccc(OCCN(C)C)cc3OC)nc1-2. The van der Waals surface area contributed by atoms with E-state index in [-0.39, 0.29) is 5.91 Å². The van der Waals surface area contributed by atoms with Crippen LogP contribution in [0.2, 0.25) is 0 Å². The summed E-state index contributed by atoms with van der Waals surface area (Å²) in [5.74, 6) is 2.47. The molecule has 40 heavy (non-hydrogen) atoms. The van der Waals surface area contributed by atoms with Crippen LogP contribution in [0.15, 0.2) is 54.9 Å². The quantitative estimate of drug-likeness (QED) is 0.286. The third kappa shape index (κ3) is 5.65. The van der Waals surface area contributed by atoms with Gasteiger partial charge in [0.05, 0.1) is 18.4 Å². The van der Waals surface area contributed by atoms with Crippen molar-refractivity contribution in [2.45, 2.75) is 33.1 Å². The summed E-state index contributed by atoms with van der Waals surface area (Å²) in [6.07, 6.45) is 6.10. The first-order valence-corrected chi connectivity index (χ1v) is 13.6. The third-order valence-electron chi connectivity index (χ3n) is 7.14. The molecule has 0 aliphatic carbocycles. The molecule has 208 valence electrons. The maximum absolute atomic E-state index is 13.4. The van der Waals surface area contributed by atoms with Gasteiger partial charge in [0.1, 0.15) is 23.9 Å². The number of ether oxygens (including phenoxy) is 2. The van der Waals surface area contributed by atoms with E-state index >= 15 is 0 Å². The zero-order chi connectivity index (χ0) is 28.2. The van der Waals surface area contributed by atoms with Gasteiger partial charge in [0.15, 0.2) is 0 Å². The van der Waals surface area contributed by atoms with E-state index in [4.69, 9.17) is 14.5 Å². The van der Waals surface area contributed by atoms with Crippen LogP contribution in [0, 0.1) is 6.92 Å². The molecule has 4 aromatic rings. The van der Waals surface area contributed by atoms with Gasteiger partial charge in [-0.3, -0.25) is 4.79 Å². The lowest BCUT2D eigenvalue weighted by Gasteiger charge is -2.21. The minimum Gasteiger partial charge on any atom is -0.494 e. The molecule has 1 aliphatic heterocycles. The highest BCUT2D eigenvalue weighted by atomic mass is 16.5. The van der Waals surface area contributed by atoms with E-state index in [1.54, 1.807) is 7.11 Å². The molecular formula is C31H36N6O3. The molecule has 2 aromatic carbocycles. The fourth-order valence-corrected chi connectivity index (χ4v) is 4.94. The van der Waals surface area contributed by atoms with Gasteiger partial charge in [0.2, 0.25) is 5.95 Å². The van der Waals surface area contributed by atoms with Gasteiger partial charge in [-0.25, -0.2) is 4.98 Å². The van der Waals surface area contributed by atoms with E-state index in [9.17, 15) is 4.79 Å². The summed E-state index contributed by atoms with van der Waals surface area (Å²) >= 11 is 0. The predicted molar refractivity (Wildman–Crippen MR) is 158 cm³/mol. The molecule has 0 bridgehead atoms. The first-order chi connectivity index (χ1) is 19.4. The molecule has 0 spiro atoms. The van der Waals surface area contributed by atoms with Crippen LogP contribution in [0.4, 0.5) is 17.3 Å². The van der Waals surface area contributed by atoms with Crippen molar-refractivity contribution in [3.8, 4) is 17.3 Å². The summed E-state index contributed by atoms with van der Waals surface area (Å²) < 4.78 is 13.4. The second-order valence-electron chi connectivity index (χ2n) is 10.1. The number of fused-ring (bicyclic) bond motifs is 3. The first kappa shape index (κ1) is 27.2. The number of hydrogen-bond donors (Lipinski definition) is 2. The highest BCUT2D eigenvalue weighted by molar-refractivity contribution is 6.06. The Morgan fingerprint density at radius 3 is 2.77 bits per heavy atom. The number of para-hydroxylation sites is 1. The fourth-order valence-electron chi connectivity index (χ4n) is 4.94. The zero-order valence-corrected chi connectivity index (χ0v) is 23.7. The molecule has 0 unspecified atom stereocenters. The Kier molecular flexibility index (Phi) is 8.02. The molecule has 3 heterocycles. The molecule has 0 saturated carbocycles. The van der Waals surface area contributed by atoms with Crippen molar-refractivity contribution in [2.24, 2.45) is 0 Å². The van der Waals surface area contributed by atoms with Crippen LogP contribution in [0.5, 0.6) is 11.5 Å². The molecule has 2 aromatic heterocycles. The normalized spacial score (nSPS) is 12.1. The number of nitrogens with one attached hydrogen (secondary N) is 2. The van der Waals surface area contributed by atoms with Gasteiger partial charge in [-0.05, 0) is 69.6 Å². The standard InChI is InChI=1S/C31H36N6O3/c1-6-21-9-7-8-20(2)28(21)34-30(38)24-14-15-37-26(24)13-10-22-19-32-31(35-29(22)37)33-25-12-11-23(18-27(25)39-5)40-17-16-36(3)4/h7-9,11-12,14-15,18-19H,6,10,13,16-17H2,1-5H3,(H,34,38)(H,32,33,35). The molecule has 0 fully saturated rings. The number of likely N-dealkylation sites (N-methyl/N-ethyl adjacent to an activating group) is 1. The summed E-state index contributed by atoms with van der Waals surface area (Å²) in [5.41, 5.74) is 6.44. The van der Waals surface area contributed by atoms with Gasteiger partial charge < -0.3 is 29.6 Å². The van der Waals surface area contributed by atoms with Crippen LogP contribution >= 0.6 is 0 Å². The van der Waals surface area contributed by atoms with Crippen molar-refractivity contribution in [2.75, 3.05) is 45.0 Å². The number of nitrogens with zero attached hydrogens (tertiary/aromatic N) is 4. The van der Waals surface area contributed by atoms with E-state index in [1.807, 2.05) is 74.4 Å². The van der Waals surface area contributed by atoms with Crippen molar-refractivity contribution < 1.29 is 14.3 Å². The summed E-state index contributed by atoms with van der Waals surface area (Å²) in [7, 11) is 5.64. The van der Waals surface area contributed by atoms with Gasteiger partial charge in [0.25, 0.3) is 5.91 Å². The maximum atomic E-state index is 13.4. The molecule has 1 aliphatic rings. The Morgan fingerprint density at radius 1 is 1.15 bits per heavy atom. The average Bonchev–Trinajstić information content (AvgIpc) is 3.39. The Hall–Kier alpha value is -4.37. The monoisotopic (exact) mass is 540 g/mol. The van der Waals surface area contributed by atoms with Gasteiger partial charge in [0, 0.05) is 41.9 Å². The van der Waals surface area contributed by atoms with Crippen LogP contribution in [-0.2, 0) is 19.3 Å². The highest BCUT2D eigenvalue weighted by Crippen LogP contribution is 2.33. The average molecular weight is 541 g/mol. The van der Waals surface area contributed by atoms with Crippen molar-refractivity contribution >= 4 is 23.2 Å². The zero-order valence-electron chi connectivity index (χ0n) is 23.7. The minimum atomic E-state index is -0.105. The molecule has 0 radical (unpaired) electrons. The van der Waals surface area contributed by atoms with E-state index in [0.29, 0.717) is 23.9 Å². The van der Waals surface area contributed by atoms with Crippen molar-refractivity contribution in [1.82, 2.24) is 19.4 Å². The van der Waals surface area contributed by atoms with Gasteiger partial charge in [-0.2, -0.15) is 4.98 Å². The molecule has 2 N–H and O–H groups in total. The Morgan fingerprint density at radius 2 is 2.00 bits per heavy atom. The smallest absolute Gasteiger partial charge is 0.257 e. The Labute approximate surface area is 235 Å². The molecule has 0 atom stereocenters. The number of methoxy groups -OCH3 is 1. The topological polar surface area (TPSA) is 93.5 Å². The number of carbonyl (C=O) groups is 1. The first-order valence-electron chi connectivity index (χ1n) is 13.6. The van der Waals surface area contributed by atoms with Gasteiger partial charge in [-0.15, -0.1) is 0 Å². The number of anilines is 3. The van der Waals surface area contributed by atoms with Crippen LogP contribution < -0.4 is 20.1 Å². The van der Waals surface area contributed by atoms with Crippen molar-refractivity contribution in [3.05, 3.63) is 82.8 Å².